The molecule has 0 saturated carbocycles. The van der Waals surface area contributed by atoms with E-state index in [2.05, 4.69) is 9.71 Å². The van der Waals surface area contributed by atoms with Crippen LogP contribution < -0.4 is 13.9 Å². The molecule has 0 aliphatic carbocycles. The van der Waals surface area contributed by atoms with Gasteiger partial charge in [-0.15, -0.1) is 11.3 Å². The molecule has 3 heterocycles. The van der Waals surface area contributed by atoms with Crippen molar-refractivity contribution in [3.63, 3.8) is 0 Å². The first kappa shape index (κ1) is 26.3. The van der Waals surface area contributed by atoms with Gasteiger partial charge < -0.3 is 0 Å². The van der Waals surface area contributed by atoms with Gasteiger partial charge in [0.25, 0.3) is 0 Å². The first-order valence-electron chi connectivity index (χ1n) is 10.7. The van der Waals surface area contributed by atoms with Gasteiger partial charge in [-0.2, -0.15) is 4.72 Å². The minimum Gasteiger partial charge on any atom is -0.295 e. The quantitative estimate of drug-likeness (QED) is 0.445. The molecule has 0 bridgehead atoms. The highest BCUT2D eigenvalue weighted by atomic mass is 35.5. The predicted molar refractivity (Wildman–Crippen MR) is 144 cm³/mol. The van der Waals surface area contributed by atoms with E-state index in [1.54, 1.807) is 54.7 Å². The van der Waals surface area contributed by atoms with Crippen molar-refractivity contribution in [1.82, 2.24) is 9.71 Å². The lowest BCUT2D eigenvalue weighted by Gasteiger charge is -2.21. The molecule has 4 rings (SSSR count). The Hall–Kier alpha value is -2.77. The molecule has 1 fully saturated rings. The van der Waals surface area contributed by atoms with Crippen LogP contribution in [0.25, 0.3) is 17.2 Å². The summed E-state index contributed by atoms with van der Waals surface area (Å²) in [6.07, 6.45) is 4.41. The Kier molecular flexibility index (Phi) is 7.53. The second kappa shape index (κ2) is 10.3. The van der Waals surface area contributed by atoms with Crippen molar-refractivity contribution in [3.05, 3.63) is 69.3 Å². The number of amides is 1. The minimum atomic E-state index is -3.85. The van der Waals surface area contributed by atoms with Crippen LogP contribution in [0.15, 0.2) is 60.1 Å². The average molecular weight is 567 g/mol. The number of benzene rings is 1. The molecule has 1 saturated heterocycles. The minimum absolute atomic E-state index is 0.294. The summed E-state index contributed by atoms with van der Waals surface area (Å²) in [5.41, 5.74) is 1.84. The molecule has 2 aromatic heterocycles. The van der Waals surface area contributed by atoms with E-state index in [9.17, 15) is 21.6 Å². The van der Waals surface area contributed by atoms with Gasteiger partial charge in [0.1, 0.15) is 11.9 Å². The van der Waals surface area contributed by atoms with E-state index in [0.717, 1.165) is 11.7 Å². The Bertz CT molecular complexity index is 1520. The number of carbonyl (C=O) groups excluding carboxylic acids is 1. The molecular formula is C23H23ClN4O5S3. The van der Waals surface area contributed by atoms with Gasteiger partial charge in [0.15, 0.2) is 0 Å². The van der Waals surface area contributed by atoms with Gasteiger partial charge in [-0.3, -0.25) is 14.0 Å². The molecule has 190 valence electrons. The van der Waals surface area contributed by atoms with E-state index in [0.29, 0.717) is 44.8 Å². The third kappa shape index (κ3) is 5.95. The smallest absolute Gasteiger partial charge is 0.246 e. The predicted octanol–water partition coefficient (Wildman–Crippen LogP) is 3.55. The summed E-state index contributed by atoms with van der Waals surface area (Å²) in [7, 11) is -5.83. The molecule has 13 heteroatoms. The number of anilines is 2. The van der Waals surface area contributed by atoms with Crippen LogP contribution in [0, 0.1) is 0 Å². The molecule has 0 spiro atoms. The Morgan fingerprint density at radius 2 is 1.89 bits per heavy atom. The molecule has 0 unspecified atom stereocenters. The highest BCUT2D eigenvalue weighted by Gasteiger charge is 2.35. The summed E-state index contributed by atoms with van der Waals surface area (Å²) < 4.78 is 53.1. The molecule has 1 aromatic carbocycles. The SMILES string of the molecule is CN(c1ccccc1-c1ccc(N2CC[C@H](NS(=O)(=O)C=Cc3ccc(Cl)s3)C2=O)nc1)S(C)(=O)=O. The molecule has 36 heavy (non-hydrogen) atoms. The Morgan fingerprint density at radius 3 is 2.53 bits per heavy atom. The number of hydrogen-bond donors (Lipinski definition) is 1. The first-order chi connectivity index (χ1) is 16.9. The highest BCUT2D eigenvalue weighted by Crippen LogP contribution is 2.32. The molecule has 3 aromatic rings. The van der Waals surface area contributed by atoms with Crippen LogP contribution in [0.3, 0.4) is 0 Å². The Labute approximate surface area is 219 Å². The summed E-state index contributed by atoms with van der Waals surface area (Å²) in [5.74, 6) is -0.0215. The van der Waals surface area contributed by atoms with E-state index in [-0.39, 0.29) is 0 Å². The standard InChI is InChI=1S/C23H23ClN4O5S3/c1-27(35(2,30)31)20-6-4-3-5-18(20)16-7-10-22(25-15-16)28-13-11-19(23(28)29)26-36(32,33)14-12-17-8-9-21(24)34-17/h3-10,12,14-15,19,26H,11,13H2,1-2H3/t19-/m0/s1. The fourth-order valence-corrected chi connectivity index (χ4v) is 6.29. The number of para-hydroxylation sites is 1. The normalized spacial score (nSPS) is 16.7. The van der Waals surface area contributed by atoms with Gasteiger partial charge in [-0.1, -0.05) is 29.8 Å². The van der Waals surface area contributed by atoms with Crippen molar-refractivity contribution in [2.45, 2.75) is 12.5 Å². The summed E-state index contributed by atoms with van der Waals surface area (Å²) in [5, 5.41) is 1.02. The first-order valence-corrected chi connectivity index (χ1v) is 15.3. The maximum Gasteiger partial charge on any atom is 0.246 e. The van der Waals surface area contributed by atoms with Gasteiger partial charge in [0.2, 0.25) is 26.0 Å². The number of hydrogen-bond acceptors (Lipinski definition) is 7. The Balaban J connectivity index is 1.48. The van der Waals surface area contributed by atoms with Crippen LogP contribution in [-0.2, 0) is 24.8 Å². The fourth-order valence-electron chi connectivity index (χ4n) is 3.70. The van der Waals surface area contributed by atoms with E-state index in [1.165, 1.54) is 33.7 Å². The average Bonchev–Trinajstić information content (AvgIpc) is 3.42. The van der Waals surface area contributed by atoms with Gasteiger partial charge in [0.05, 0.1) is 16.3 Å². The monoisotopic (exact) mass is 566 g/mol. The molecule has 1 atom stereocenters. The molecule has 9 nitrogen and oxygen atoms in total. The maximum atomic E-state index is 12.9. The topological polar surface area (TPSA) is 117 Å². The van der Waals surface area contributed by atoms with Crippen molar-refractivity contribution < 1.29 is 21.6 Å². The third-order valence-electron chi connectivity index (χ3n) is 5.59. The van der Waals surface area contributed by atoms with E-state index >= 15 is 0 Å². The number of sulfonamides is 2. The van der Waals surface area contributed by atoms with Crippen LogP contribution >= 0.6 is 22.9 Å². The summed E-state index contributed by atoms with van der Waals surface area (Å²) in [4.78, 5) is 19.4. The second-order valence-electron chi connectivity index (χ2n) is 8.09. The van der Waals surface area contributed by atoms with Crippen LogP contribution in [-0.4, -0.2) is 53.6 Å². The molecule has 0 radical (unpaired) electrons. The van der Waals surface area contributed by atoms with Crippen molar-refractivity contribution in [2.24, 2.45) is 0 Å². The number of rotatable bonds is 8. The molecule has 1 aliphatic heterocycles. The highest BCUT2D eigenvalue weighted by molar-refractivity contribution is 7.92. The molecular weight excluding hydrogens is 544 g/mol. The summed E-state index contributed by atoms with van der Waals surface area (Å²) in [6.45, 7) is 0.302. The van der Waals surface area contributed by atoms with Crippen LogP contribution in [0.5, 0.6) is 0 Å². The van der Waals surface area contributed by atoms with Crippen LogP contribution in [0.2, 0.25) is 4.34 Å². The maximum absolute atomic E-state index is 12.9. The Morgan fingerprint density at radius 1 is 1.14 bits per heavy atom. The third-order valence-corrected chi connectivity index (χ3v) is 9.09. The number of pyridine rings is 1. The molecule has 1 aliphatic rings. The van der Waals surface area contributed by atoms with Gasteiger partial charge in [-0.05, 0) is 42.8 Å². The van der Waals surface area contributed by atoms with Crippen molar-refractivity contribution >= 4 is 66.5 Å². The zero-order chi connectivity index (χ0) is 26.1. The van der Waals surface area contributed by atoms with E-state index in [1.807, 2.05) is 0 Å². The van der Waals surface area contributed by atoms with Crippen molar-refractivity contribution in [1.29, 1.82) is 0 Å². The molecule has 1 amide bonds. The van der Waals surface area contributed by atoms with E-state index in [4.69, 9.17) is 11.6 Å². The number of halogens is 1. The van der Waals surface area contributed by atoms with Crippen molar-refractivity contribution in [3.8, 4) is 11.1 Å². The summed E-state index contributed by atoms with van der Waals surface area (Å²) in [6, 6.07) is 12.9. The van der Waals surface area contributed by atoms with Gasteiger partial charge in [0, 0.05) is 41.2 Å². The van der Waals surface area contributed by atoms with Gasteiger partial charge >= 0.3 is 0 Å². The number of carbonyl (C=O) groups is 1. The fraction of sp³-hybridized carbons (Fsp3) is 0.217. The number of nitrogens with zero attached hydrogens (tertiary/aromatic N) is 3. The van der Waals surface area contributed by atoms with Crippen molar-refractivity contribution in [2.75, 3.05) is 29.1 Å². The lowest BCUT2D eigenvalue weighted by atomic mass is 10.1. The zero-order valence-corrected chi connectivity index (χ0v) is 22.5. The lowest BCUT2D eigenvalue weighted by Crippen LogP contribution is -2.40. The zero-order valence-electron chi connectivity index (χ0n) is 19.3. The number of nitrogens with one attached hydrogen (secondary N) is 1. The van der Waals surface area contributed by atoms with Gasteiger partial charge in [-0.25, -0.2) is 21.8 Å². The number of thiophene rings is 1. The lowest BCUT2D eigenvalue weighted by molar-refractivity contribution is -0.118. The second-order valence-corrected chi connectivity index (χ2v) is 13.4. The largest absolute Gasteiger partial charge is 0.295 e. The summed E-state index contributed by atoms with van der Waals surface area (Å²) >= 11 is 7.11. The van der Waals surface area contributed by atoms with Crippen LogP contribution in [0.4, 0.5) is 11.5 Å². The van der Waals surface area contributed by atoms with E-state index < -0.39 is 32.0 Å². The van der Waals surface area contributed by atoms with Crippen LogP contribution in [0.1, 0.15) is 11.3 Å². The number of aromatic nitrogens is 1. The molecule has 1 N–H and O–H groups in total.